The Labute approximate surface area is 320 Å². The first-order valence-corrected chi connectivity index (χ1v) is 18.8. The molecule has 0 fully saturated rings. The molecule has 0 saturated heterocycles. The zero-order chi connectivity index (χ0) is 36.7. The van der Waals surface area contributed by atoms with Gasteiger partial charge in [0.2, 0.25) is 0 Å². The lowest BCUT2D eigenvalue weighted by Crippen LogP contribution is -2.00. The molecule has 0 spiro atoms. The van der Waals surface area contributed by atoms with Crippen LogP contribution in [0.15, 0.2) is 185 Å². The monoisotopic (exact) mass is 715 g/mol. The SMILES string of the molecule is c1ccc2c(c1)cc(-c1ccc(-c3nc(-c4cccc5oc6ccccc6c45)nc(-c4cccc5oc6ccccc6c45)n3)cc1)c1c3ccccc3ccc21. The third kappa shape index (κ3) is 4.64. The van der Waals surface area contributed by atoms with Gasteiger partial charge in [-0.15, -0.1) is 0 Å². The van der Waals surface area contributed by atoms with E-state index in [0.717, 1.165) is 66.1 Å². The summed E-state index contributed by atoms with van der Waals surface area (Å²) in [5, 5.41) is 11.4. The fourth-order valence-corrected chi connectivity index (χ4v) is 8.58. The Morgan fingerprint density at radius 3 is 1.43 bits per heavy atom. The van der Waals surface area contributed by atoms with Crippen LogP contribution in [0.3, 0.4) is 0 Å². The third-order valence-corrected chi connectivity index (χ3v) is 11.1. The molecule has 0 atom stereocenters. The number of aromatic nitrogens is 3. The highest BCUT2D eigenvalue weighted by molar-refractivity contribution is 6.23. The van der Waals surface area contributed by atoms with Crippen molar-refractivity contribution >= 4 is 76.2 Å². The summed E-state index contributed by atoms with van der Waals surface area (Å²) >= 11 is 0. The number of benzene rings is 9. The molecule has 12 rings (SSSR count). The van der Waals surface area contributed by atoms with Crippen molar-refractivity contribution in [1.82, 2.24) is 15.0 Å². The third-order valence-electron chi connectivity index (χ3n) is 11.1. The largest absolute Gasteiger partial charge is 0.456 e. The summed E-state index contributed by atoms with van der Waals surface area (Å²) in [6, 6.07) is 61.1. The van der Waals surface area contributed by atoms with Crippen LogP contribution in [-0.4, -0.2) is 15.0 Å². The van der Waals surface area contributed by atoms with Crippen molar-refractivity contribution in [3.05, 3.63) is 176 Å². The molecule has 0 bridgehead atoms. The van der Waals surface area contributed by atoms with Crippen LogP contribution in [0, 0.1) is 0 Å². The Morgan fingerprint density at radius 1 is 0.286 bits per heavy atom. The Morgan fingerprint density at radius 2 is 0.786 bits per heavy atom. The topological polar surface area (TPSA) is 65.0 Å². The molecule has 9 aromatic carbocycles. The van der Waals surface area contributed by atoms with Crippen LogP contribution < -0.4 is 0 Å². The lowest BCUT2D eigenvalue weighted by molar-refractivity contribution is 0.668. The van der Waals surface area contributed by atoms with E-state index in [-0.39, 0.29) is 0 Å². The molecule has 5 nitrogen and oxygen atoms in total. The maximum absolute atomic E-state index is 6.30. The molecule has 260 valence electrons. The predicted molar refractivity (Wildman–Crippen MR) is 229 cm³/mol. The quantitative estimate of drug-likeness (QED) is 0.170. The van der Waals surface area contributed by atoms with Crippen molar-refractivity contribution < 1.29 is 8.83 Å². The van der Waals surface area contributed by atoms with E-state index in [1.54, 1.807) is 0 Å². The summed E-state index contributed by atoms with van der Waals surface area (Å²) in [4.78, 5) is 15.6. The van der Waals surface area contributed by atoms with E-state index in [4.69, 9.17) is 23.8 Å². The minimum atomic E-state index is 0.572. The van der Waals surface area contributed by atoms with Crippen molar-refractivity contribution in [2.24, 2.45) is 0 Å². The number of furan rings is 2. The molecule has 0 aliphatic carbocycles. The second-order valence-electron chi connectivity index (χ2n) is 14.3. The van der Waals surface area contributed by atoms with Gasteiger partial charge in [0.05, 0.1) is 0 Å². The maximum atomic E-state index is 6.30. The molecular weight excluding hydrogens is 687 g/mol. The van der Waals surface area contributed by atoms with Gasteiger partial charge in [-0.25, -0.2) is 15.0 Å². The van der Waals surface area contributed by atoms with Crippen molar-refractivity contribution in [2.75, 3.05) is 0 Å². The van der Waals surface area contributed by atoms with E-state index in [2.05, 4.69) is 115 Å². The van der Waals surface area contributed by atoms with E-state index < -0.39 is 0 Å². The van der Waals surface area contributed by atoms with Crippen LogP contribution in [0.1, 0.15) is 0 Å². The number of rotatable bonds is 4. The Balaban J connectivity index is 1.08. The Kier molecular flexibility index (Phi) is 6.56. The first-order valence-electron chi connectivity index (χ1n) is 18.8. The van der Waals surface area contributed by atoms with Crippen LogP contribution >= 0.6 is 0 Å². The van der Waals surface area contributed by atoms with Gasteiger partial charge in [0.15, 0.2) is 17.5 Å². The maximum Gasteiger partial charge on any atom is 0.164 e. The second-order valence-corrected chi connectivity index (χ2v) is 14.3. The van der Waals surface area contributed by atoms with E-state index in [9.17, 15) is 0 Å². The van der Waals surface area contributed by atoms with Gasteiger partial charge in [-0.3, -0.25) is 0 Å². The van der Waals surface area contributed by atoms with E-state index >= 15 is 0 Å². The Hall–Kier alpha value is -7.63. The molecule has 0 amide bonds. The summed E-state index contributed by atoms with van der Waals surface area (Å²) in [6.07, 6.45) is 0. The molecule has 0 unspecified atom stereocenters. The summed E-state index contributed by atoms with van der Waals surface area (Å²) in [7, 11) is 0. The van der Waals surface area contributed by atoms with Crippen molar-refractivity contribution in [3.63, 3.8) is 0 Å². The zero-order valence-corrected chi connectivity index (χ0v) is 29.9. The molecule has 12 aromatic rings. The smallest absolute Gasteiger partial charge is 0.164 e. The molecule has 0 aliphatic heterocycles. The summed E-state index contributed by atoms with van der Waals surface area (Å²) in [5.74, 6) is 1.73. The standard InChI is InChI=1S/C51H29N3O2/c1-4-14-35-30(11-1)27-28-36-34-13-3-2-12-33(34)29-41(46(35)36)31-23-25-32(26-24-31)49-52-50(39-17-9-21-44-47(39)37-15-5-7-19-42(37)55-44)54-51(53-49)40-18-10-22-45-48(40)38-16-6-8-20-43(38)56-45/h1-29H. The van der Waals surface area contributed by atoms with Gasteiger partial charge in [-0.05, 0) is 73.8 Å². The van der Waals surface area contributed by atoms with Crippen molar-refractivity contribution in [2.45, 2.75) is 0 Å². The van der Waals surface area contributed by atoms with Crippen LogP contribution in [0.5, 0.6) is 0 Å². The molecule has 3 aromatic heterocycles. The van der Waals surface area contributed by atoms with Crippen LogP contribution in [0.4, 0.5) is 0 Å². The average molecular weight is 716 g/mol. The molecule has 0 radical (unpaired) electrons. The second kappa shape index (κ2) is 11.9. The number of hydrogen-bond donors (Lipinski definition) is 0. The number of para-hydroxylation sites is 2. The normalized spacial score (nSPS) is 11.9. The molecule has 0 N–H and O–H groups in total. The van der Waals surface area contributed by atoms with Crippen molar-refractivity contribution in [1.29, 1.82) is 0 Å². The lowest BCUT2D eigenvalue weighted by Gasteiger charge is -2.14. The first kappa shape index (κ1) is 30.8. The van der Waals surface area contributed by atoms with Crippen molar-refractivity contribution in [3.8, 4) is 45.3 Å². The molecule has 3 heterocycles. The first-order chi connectivity index (χ1) is 27.7. The van der Waals surface area contributed by atoms with Gasteiger partial charge in [0, 0.05) is 38.2 Å². The zero-order valence-electron chi connectivity index (χ0n) is 29.9. The molecule has 0 aliphatic rings. The minimum Gasteiger partial charge on any atom is -0.456 e. The number of nitrogens with zero attached hydrogens (tertiary/aromatic N) is 3. The lowest BCUT2D eigenvalue weighted by atomic mass is 9.90. The van der Waals surface area contributed by atoms with Crippen LogP contribution in [0.2, 0.25) is 0 Å². The molecular formula is C51H29N3O2. The number of hydrogen-bond acceptors (Lipinski definition) is 5. The highest BCUT2D eigenvalue weighted by Gasteiger charge is 2.21. The van der Waals surface area contributed by atoms with Crippen LogP contribution in [-0.2, 0) is 0 Å². The van der Waals surface area contributed by atoms with Gasteiger partial charge >= 0.3 is 0 Å². The van der Waals surface area contributed by atoms with Gasteiger partial charge in [-0.1, -0.05) is 146 Å². The van der Waals surface area contributed by atoms with Gasteiger partial charge in [0.1, 0.15) is 22.3 Å². The Bertz CT molecular complexity index is 3410. The fourth-order valence-electron chi connectivity index (χ4n) is 8.58. The summed E-state index contributed by atoms with van der Waals surface area (Å²) in [5.41, 5.74) is 8.19. The summed E-state index contributed by atoms with van der Waals surface area (Å²) in [6.45, 7) is 0. The highest BCUT2D eigenvalue weighted by atomic mass is 16.3. The van der Waals surface area contributed by atoms with Crippen LogP contribution in [0.25, 0.3) is 121 Å². The van der Waals surface area contributed by atoms with Gasteiger partial charge in [-0.2, -0.15) is 0 Å². The van der Waals surface area contributed by atoms with Gasteiger partial charge in [0.25, 0.3) is 0 Å². The number of fused-ring (bicyclic) bond motifs is 11. The highest BCUT2D eigenvalue weighted by Crippen LogP contribution is 2.42. The van der Waals surface area contributed by atoms with Gasteiger partial charge < -0.3 is 8.83 Å². The fraction of sp³-hybridized carbons (Fsp3) is 0. The summed E-state index contributed by atoms with van der Waals surface area (Å²) < 4.78 is 12.6. The predicted octanol–water partition coefficient (Wildman–Crippen LogP) is 13.8. The molecule has 56 heavy (non-hydrogen) atoms. The minimum absolute atomic E-state index is 0.572. The van der Waals surface area contributed by atoms with E-state index in [1.165, 1.54) is 37.9 Å². The average Bonchev–Trinajstić information content (AvgIpc) is 3.85. The van der Waals surface area contributed by atoms with E-state index in [0.29, 0.717) is 17.5 Å². The molecule has 5 heteroatoms. The van der Waals surface area contributed by atoms with E-state index in [1.807, 2.05) is 60.7 Å². The molecule has 0 saturated carbocycles.